The van der Waals surface area contributed by atoms with Gasteiger partial charge in [-0.05, 0) is 185 Å². The molecule has 0 aliphatic carbocycles. The van der Waals surface area contributed by atoms with Crippen LogP contribution in [0.3, 0.4) is 0 Å². The van der Waals surface area contributed by atoms with Gasteiger partial charge in [0.2, 0.25) is 0 Å². The third-order valence-corrected chi connectivity index (χ3v) is 15.1. The number of para-hydroxylation sites is 2. The van der Waals surface area contributed by atoms with Gasteiger partial charge in [0, 0.05) is 85.3 Å². The molecule has 452 valence electrons. The third kappa shape index (κ3) is 18.1. The molecule has 16 nitrogen and oxygen atoms in total. The van der Waals surface area contributed by atoms with Crippen molar-refractivity contribution < 1.29 is 57.3 Å². The van der Waals surface area contributed by atoms with Crippen LogP contribution in [0.2, 0.25) is 10.0 Å². The average Bonchev–Trinajstić information content (AvgIpc) is 2.91. The number of anilines is 4. The molecule has 0 radical (unpaired) electrons. The fourth-order valence-corrected chi connectivity index (χ4v) is 10.7. The van der Waals surface area contributed by atoms with Crippen LogP contribution >= 0.6 is 31.5 Å². The summed E-state index contributed by atoms with van der Waals surface area (Å²) in [5, 5.41) is 24.3. The number of aliphatic hydroxyl groups is 2. The van der Waals surface area contributed by atoms with E-state index in [-0.39, 0.29) is 31.1 Å². The molecule has 19 heteroatoms. The largest absolute Gasteiger partial charge is 0.805 e. The minimum absolute atomic E-state index is 0. The Labute approximate surface area is 518 Å². The highest BCUT2D eigenvalue weighted by Gasteiger charge is 2.32. The topological polar surface area (TPSA) is 210 Å². The second kappa shape index (κ2) is 32.6. The van der Waals surface area contributed by atoms with Gasteiger partial charge in [0.1, 0.15) is 6.10 Å². The van der Waals surface area contributed by atoms with Crippen LogP contribution in [0.5, 0.6) is 11.5 Å². The predicted molar refractivity (Wildman–Crippen MR) is 343 cm³/mol. The fourth-order valence-electron chi connectivity index (χ4n) is 9.66. The van der Waals surface area contributed by atoms with E-state index in [0.29, 0.717) is 116 Å². The van der Waals surface area contributed by atoms with Crippen molar-refractivity contribution in [1.29, 1.82) is 0 Å². The molecule has 4 N–H and O–H groups in total. The van der Waals surface area contributed by atoms with E-state index in [1.165, 1.54) is 7.11 Å². The summed E-state index contributed by atoms with van der Waals surface area (Å²) in [5.41, 5.74) is 9.41. The van der Waals surface area contributed by atoms with E-state index >= 15 is 0 Å². The van der Waals surface area contributed by atoms with E-state index in [4.69, 9.17) is 42.1 Å². The summed E-state index contributed by atoms with van der Waals surface area (Å²) in [6.07, 6.45) is 0.372. The number of ether oxygens (including phenoxy) is 2. The number of carbonyl (C=O) groups is 5. The number of hydrogen-bond donors (Lipinski definition) is 4. The molecule has 0 saturated heterocycles. The molecule has 2 aliphatic heterocycles. The average molecular weight is 1240 g/mol. The first-order chi connectivity index (χ1) is 41.5. The first-order valence-electron chi connectivity index (χ1n) is 27.5. The van der Waals surface area contributed by atoms with E-state index in [0.717, 1.165) is 29.4 Å². The number of nitrogens with zero attached hydrogens (tertiary/aromatic N) is 2. The van der Waals surface area contributed by atoms with Gasteiger partial charge >= 0.3 is 14.4 Å². The Morgan fingerprint density at radius 1 is 0.517 bits per heavy atom. The molecule has 2 atom stereocenters. The van der Waals surface area contributed by atoms with E-state index in [1.54, 1.807) is 143 Å². The molecule has 2 unspecified atom stereocenters. The molecular weight excluding hydrogens is 1170 g/mol. The normalized spacial score (nSPS) is 13.7. The van der Waals surface area contributed by atoms with Crippen molar-refractivity contribution in [2.24, 2.45) is 0 Å². The summed E-state index contributed by atoms with van der Waals surface area (Å²) >= 11 is 12.4. The Morgan fingerprint density at radius 2 is 0.931 bits per heavy atom. The number of nitrogens with one attached hydrogen (secondary N) is 2. The van der Waals surface area contributed by atoms with Crippen LogP contribution in [-0.4, -0.2) is 67.3 Å². The van der Waals surface area contributed by atoms with Crippen LogP contribution in [0.25, 0.3) is 0 Å². The lowest BCUT2D eigenvalue weighted by Gasteiger charge is -2.25. The van der Waals surface area contributed by atoms with E-state index in [9.17, 15) is 33.6 Å². The van der Waals surface area contributed by atoms with Gasteiger partial charge < -0.3 is 40.1 Å². The summed E-state index contributed by atoms with van der Waals surface area (Å²) < 4.78 is 31.8. The highest BCUT2D eigenvalue weighted by Crippen LogP contribution is 2.39. The van der Waals surface area contributed by atoms with Gasteiger partial charge in [-0.2, -0.15) is 0 Å². The van der Waals surface area contributed by atoms with Crippen molar-refractivity contribution in [2.45, 2.75) is 73.0 Å². The molecule has 2 aliphatic rings. The monoisotopic (exact) mass is 1240 g/mol. The van der Waals surface area contributed by atoms with Crippen LogP contribution in [0.1, 0.15) is 120 Å². The first-order valence-corrected chi connectivity index (χ1v) is 29.3. The predicted octanol–water partition coefficient (Wildman–Crippen LogP) is 16.2. The molecule has 8 aromatic carbocycles. The van der Waals surface area contributed by atoms with Gasteiger partial charge in [-0.3, -0.25) is 19.2 Å². The molecule has 10 rings (SSSR count). The molecule has 0 saturated carbocycles. The number of rotatable bonds is 11. The molecule has 8 aromatic rings. The molecule has 0 fully saturated rings. The van der Waals surface area contributed by atoms with E-state index in [1.807, 2.05) is 76.2 Å². The Morgan fingerprint density at radius 3 is 1.37 bits per heavy atom. The minimum atomic E-state index is -2.18. The fraction of sp³-hybridized carbons (Fsp3) is 0.221. The number of fused-ring (bicyclic) bond motifs is 2. The van der Waals surface area contributed by atoms with Crippen LogP contribution < -0.4 is 29.5 Å². The maximum atomic E-state index is 13.7. The van der Waals surface area contributed by atoms with Crippen LogP contribution in [0, 0.1) is 27.7 Å². The summed E-state index contributed by atoms with van der Waals surface area (Å²) in [4.78, 5) is 67.6. The van der Waals surface area contributed by atoms with Crippen molar-refractivity contribution in [2.75, 3.05) is 47.7 Å². The van der Waals surface area contributed by atoms with Gasteiger partial charge in [-0.15, -0.1) is 0 Å². The zero-order chi connectivity index (χ0) is 61.9. The van der Waals surface area contributed by atoms with Gasteiger partial charge in [-0.1, -0.05) is 103 Å². The number of amides is 4. The van der Waals surface area contributed by atoms with Crippen molar-refractivity contribution >= 4 is 84.0 Å². The molecular formula is C68H70Cl2N4O12P+. The first kappa shape index (κ1) is 67.2. The van der Waals surface area contributed by atoms with Crippen molar-refractivity contribution in [3.8, 4) is 11.5 Å². The van der Waals surface area contributed by atoms with Crippen molar-refractivity contribution in [1.82, 2.24) is 0 Å². The van der Waals surface area contributed by atoms with E-state index in [2.05, 4.69) is 15.4 Å². The molecule has 0 bridgehead atoms. The number of carbonyl (C=O) groups excluding carboxylic acids is 5. The third-order valence-electron chi connectivity index (χ3n) is 13.9. The summed E-state index contributed by atoms with van der Waals surface area (Å²) in [6, 6.07) is 53.5. The quantitative estimate of drug-likeness (QED) is 0.0704. The smallest absolute Gasteiger partial charge is 0.438 e. The Balaban J connectivity index is 0.000000217. The summed E-state index contributed by atoms with van der Waals surface area (Å²) in [5.74, 6) is 0.332. The van der Waals surface area contributed by atoms with Crippen LogP contribution in [0.4, 0.5) is 27.5 Å². The molecule has 2 heterocycles. The van der Waals surface area contributed by atoms with Crippen molar-refractivity contribution in [3.63, 3.8) is 0 Å². The Kier molecular flexibility index (Phi) is 25.2. The lowest BCUT2D eigenvalue weighted by Crippen LogP contribution is -2.32. The van der Waals surface area contributed by atoms with Crippen LogP contribution in [0.15, 0.2) is 182 Å². The lowest BCUT2D eigenvalue weighted by atomic mass is 10.0. The maximum Gasteiger partial charge on any atom is 0.805 e. The summed E-state index contributed by atoms with van der Waals surface area (Å²) in [6.45, 7) is 8.42. The highest BCUT2D eigenvalue weighted by molar-refractivity contribution is 7.34. The number of methoxy groups -OCH3 is 1. The van der Waals surface area contributed by atoms with Crippen molar-refractivity contribution in [3.05, 3.63) is 248 Å². The lowest BCUT2D eigenvalue weighted by molar-refractivity contribution is 0.0334. The molecule has 0 spiro atoms. The SMILES string of the molecule is C.CO.COC(=O)OC1CCCN(C(=O)c2ccc(NC(=O)c3ccccc3C)cc2C)c2ccc(Cl)cc21.Cc1ccccc1C(=O)Nc1ccc(C(=O)N2CCCC(O)c3cc(Cl)ccc32)c(C)c1.O=[P+](Oc1ccccc1)Oc1ccccc1. The number of aliphatic hydroxyl groups excluding tert-OH is 2. The molecule has 4 amide bonds. The zero-order valence-electron chi connectivity index (χ0n) is 48.3. The Bertz CT molecular complexity index is 3660. The number of benzene rings is 8. The second-order valence-corrected chi connectivity index (χ2v) is 21.5. The Hall–Kier alpha value is -8.89. The van der Waals surface area contributed by atoms with Gasteiger partial charge in [0.05, 0.1) is 18.9 Å². The second-order valence-electron chi connectivity index (χ2n) is 19.8. The number of halogens is 2. The maximum absolute atomic E-state index is 13.7. The number of aryl methyl sites for hydroxylation is 4. The molecule has 0 aromatic heterocycles. The minimum Gasteiger partial charge on any atom is -0.438 e. The highest BCUT2D eigenvalue weighted by atomic mass is 35.5. The zero-order valence-corrected chi connectivity index (χ0v) is 50.7. The van der Waals surface area contributed by atoms with Crippen LogP contribution in [-0.2, 0) is 14.0 Å². The van der Waals surface area contributed by atoms with Gasteiger partial charge in [0.15, 0.2) is 11.5 Å². The van der Waals surface area contributed by atoms with E-state index < -0.39 is 26.6 Å². The summed E-state index contributed by atoms with van der Waals surface area (Å²) in [7, 11) is 0.0705. The number of hydrogen-bond acceptors (Lipinski definition) is 12. The van der Waals surface area contributed by atoms with Gasteiger partial charge in [-0.25, -0.2) is 13.8 Å². The standard InChI is InChI=1S/C28H27ClN2O5.C26H25ClN2O3.C12H10O3P.CH4O.CH4/c1-17-7-4-5-8-21(17)26(32)30-20-11-12-22(18(2)15-20)27(33)31-14-6-9-25(36-28(34)35-3)23-16-19(29)10-13-24(23)31;1-16-6-3-4-7-20(16)25(31)28-19-10-11-21(17(2)14-19)26(32)29-13-5-8-24(30)22-15-18(27)9-12-23(22)29;13-16(14-11-7-3-1-4-8-11)15-12-9-5-2-6-10-12;1-2;/h4-5,7-8,10-13,15-16,25H,6,9,14H2,1-3H3,(H,30,32);3-4,6-7,9-12,14-15,24,30H,5,8,13H2,1-2H3,(H,28,31);1-10H;2H,1H3;1H4/q;;+1;;. The molecule has 87 heavy (non-hydrogen) atoms. The van der Waals surface area contributed by atoms with Gasteiger partial charge in [0.25, 0.3) is 23.6 Å².